The van der Waals surface area contributed by atoms with Gasteiger partial charge in [-0.1, -0.05) is 65.6 Å². The minimum absolute atomic E-state index is 0.0160. The standard InChI is InChI=1S/C42H58ClN9O11/c1-42(2,3)63-41(58)48-32(18-9-10-22-46-40(57)62-27-29-16-7-8-17-30(29)43)37(55)50-24-12-20-33(50)35(53)47-31(19-11-23-45-39(44)49-52(59)60)36(54)51-25-13-21-34(51)38(56)61-26-28-14-5-4-6-15-28/h4-8,14-17,31-34H,9-13,18-27H2,1-3H3,(H,46,57)(H,47,53)(H,48,58)(H3,44,45,49)/t31-,32+,33-,34-/m0/s1. The van der Waals surface area contributed by atoms with Crippen LogP contribution >= 0.6 is 11.6 Å². The van der Waals surface area contributed by atoms with E-state index in [9.17, 15) is 38.9 Å². The second-order valence-electron chi connectivity index (χ2n) is 16.1. The third-order valence-corrected chi connectivity index (χ3v) is 10.5. The van der Waals surface area contributed by atoms with Crippen molar-refractivity contribution in [2.45, 2.75) is 122 Å². The molecule has 0 unspecified atom stereocenters. The number of hydrazine groups is 1. The number of hydrogen-bond acceptors (Lipinski definition) is 12. The Hall–Kier alpha value is -6.18. The molecule has 2 aliphatic heterocycles. The molecule has 4 atom stereocenters. The average molecular weight is 900 g/mol. The summed E-state index contributed by atoms with van der Waals surface area (Å²) in [6.07, 6.45) is 1.26. The molecule has 0 aliphatic carbocycles. The number of carbonyl (C=O) groups excluding carboxylic acids is 6. The molecule has 0 bridgehead atoms. The molecule has 0 spiro atoms. The summed E-state index contributed by atoms with van der Waals surface area (Å²) < 4.78 is 16.3. The van der Waals surface area contributed by atoms with Crippen LogP contribution in [0.3, 0.4) is 0 Å². The second kappa shape index (κ2) is 24.5. The Morgan fingerprint density at radius 2 is 1.46 bits per heavy atom. The number of ether oxygens (including phenoxy) is 3. The number of unbranched alkanes of at least 4 members (excludes halogenated alkanes) is 1. The van der Waals surface area contributed by atoms with Gasteiger partial charge in [0.2, 0.25) is 17.7 Å². The number of nitrogens with zero attached hydrogens (tertiary/aromatic N) is 4. The summed E-state index contributed by atoms with van der Waals surface area (Å²) in [5, 5.41) is 18.5. The molecule has 63 heavy (non-hydrogen) atoms. The molecule has 344 valence electrons. The zero-order valence-corrected chi connectivity index (χ0v) is 36.6. The lowest BCUT2D eigenvalue weighted by molar-refractivity contribution is -0.525. The van der Waals surface area contributed by atoms with E-state index < -0.39 is 76.6 Å². The number of halogens is 1. The molecule has 20 nitrogen and oxygen atoms in total. The zero-order chi connectivity index (χ0) is 45.9. The highest BCUT2D eigenvalue weighted by Crippen LogP contribution is 2.24. The molecule has 0 radical (unpaired) electrons. The summed E-state index contributed by atoms with van der Waals surface area (Å²) in [4.78, 5) is 98.5. The SMILES string of the molecule is CC(C)(C)OC(=O)N[C@H](CCCCNC(=O)OCc1ccccc1Cl)C(=O)N1CCC[C@H]1C(=O)N[C@@H](CCCN=C(N)N[N+](=O)[O-])C(=O)N1CCC[C@H]1C(=O)OCc1ccccc1. The van der Waals surface area contributed by atoms with Crippen LogP contribution in [0.2, 0.25) is 5.02 Å². The normalized spacial score (nSPS) is 17.2. The smallest absolute Gasteiger partial charge is 0.408 e. The molecular formula is C42H58ClN9O11. The summed E-state index contributed by atoms with van der Waals surface area (Å²) in [5.41, 5.74) is 7.87. The monoisotopic (exact) mass is 899 g/mol. The number of hydrogen-bond donors (Lipinski definition) is 5. The van der Waals surface area contributed by atoms with Crippen LogP contribution in [-0.4, -0.2) is 113 Å². The van der Waals surface area contributed by atoms with Crippen molar-refractivity contribution in [1.29, 1.82) is 0 Å². The summed E-state index contributed by atoms with van der Waals surface area (Å²) >= 11 is 6.14. The molecule has 6 N–H and O–H groups in total. The van der Waals surface area contributed by atoms with Crippen molar-refractivity contribution in [1.82, 2.24) is 31.2 Å². The predicted octanol–water partition coefficient (Wildman–Crippen LogP) is 3.72. The van der Waals surface area contributed by atoms with E-state index in [0.717, 1.165) is 5.56 Å². The first-order valence-electron chi connectivity index (χ1n) is 21.0. The Kier molecular flexibility index (Phi) is 19.2. The Balaban J connectivity index is 1.42. The maximum absolute atomic E-state index is 14.2. The second-order valence-corrected chi connectivity index (χ2v) is 16.5. The Morgan fingerprint density at radius 1 is 0.841 bits per heavy atom. The molecule has 2 aliphatic rings. The van der Waals surface area contributed by atoms with E-state index in [1.165, 1.54) is 9.80 Å². The van der Waals surface area contributed by atoms with Gasteiger partial charge in [-0.05, 0) is 90.2 Å². The molecular weight excluding hydrogens is 842 g/mol. The Bertz CT molecular complexity index is 1930. The van der Waals surface area contributed by atoms with Crippen molar-refractivity contribution in [2.24, 2.45) is 10.7 Å². The first-order valence-corrected chi connectivity index (χ1v) is 21.4. The van der Waals surface area contributed by atoms with Crippen LogP contribution in [-0.2, 0) is 46.6 Å². The summed E-state index contributed by atoms with van der Waals surface area (Å²) in [5.74, 6) is -2.71. The molecule has 0 saturated carbocycles. The van der Waals surface area contributed by atoms with Gasteiger partial charge < -0.3 is 45.7 Å². The topological polar surface area (TPSA) is 266 Å². The maximum Gasteiger partial charge on any atom is 0.408 e. The minimum Gasteiger partial charge on any atom is -0.459 e. The lowest BCUT2D eigenvalue weighted by atomic mass is 10.1. The van der Waals surface area contributed by atoms with E-state index in [1.54, 1.807) is 50.5 Å². The number of likely N-dealkylation sites (tertiary alicyclic amines) is 2. The largest absolute Gasteiger partial charge is 0.459 e. The van der Waals surface area contributed by atoms with Crippen molar-refractivity contribution in [3.05, 3.63) is 80.9 Å². The molecule has 21 heteroatoms. The van der Waals surface area contributed by atoms with Gasteiger partial charge in [0.15, 0.2) is 5.03 Å². The van der Waals surface area contributed by atoms with E-state index in [-0.39, 0.29) is 65.1 Å². The first-order chi connectivity index (χ1) is 30.0. The highest BCUT2D eigenvalue weighted by Gasteiger charge is 2.42. The van der Waals surface area contributed by atoms with Crippen LogP contribution in [0.1, 0.15) is 89.7 Å². The van der Waals surface area contributed by atoms with Gasteiger partial charge in [-0.25, -0.2) is 29.5 Å². The van der Waals surface area contributed by atoms with Crippen LogP contribution in [0.5, 0.6) is 0 Å². The third kappa shape index (κ3) is 16.6. The fourth-order valence-corrected chi connectivity index (χ4v) is 7.32. The van der Waals surface area contributed by atoms with Crippen molar-refractivity contribution < 1.29 is 48.0 Å². The zero-order valence-electron chi connectivity index (χ0n) is 35.8. The van der Waals surface area contributed by atoms with Crippen molar-refractivity contribution >= 4 is 53.4 Å². The van der Waals surface area contributed by atoms with E-state index in [1.807, 2.05) is 30.3 Å². The van der Waals surface area contributed by atoms with Crippen LogP contribution in [0, 0.1) is 10.1 Å². The van der Waals surface area contributed by atoms with E-state index in [0.29, 0.717) is 42.7 Å². The van der Waals surface area contributed by atoms with Gasteiger partial charge in [0, 0.05) is 36.8 Å². The number of guanidine groups is 1. The number of rotatable bonds is 20. The first kappa shape index (κ1) is 49.5. The summed E-state index contributed by atoms with van der Waals surface area (Å²) in [7, 11) is 0. The average Bonchev–Trinajstić information content (AvgIpc) is 3.93. The van der Waals surface area contributed by atoms with Crippen LogP contribution in [0.15, 0.2) is 59.6 Å². The number of aliphatic imine (C=N–C) groups is 1. The van der Waals surface area contributed by atoms with Gasteiger partial charge >= 0.3 is 18.2 Å². The van der Waals surface area contributed by atoms with Crippen molar-refractivity contribution in [3.63, 3.8) is 0 Å². The molecule has 2 heterocycles. The third-order valence-electron chi connectivity index (χ3n) is 10.1. The van der Waals surface area contributed by atoms with Gasteiger partial charge in [0.1, 0.15) is 43.0 Å². The molecule has 4 rings (SSSR count). The van der Waals surface area contributed by atoms with E-state index in [4.69, 9.17) is 31.5 Å². The quantitative estimate of drug-likeness (QED) is 0.0242. The summed E-state index contributed by atoms with van der Waals surface area (Å²) in [6.45, 7) is 5.66. The van der Waals surface area contributed by atoms with Crippen LogP contribution in [0.25, 0.3) is 0 Å². The number of amides is 5. The lowest BCUT2D eigenvalue weighted by Crippen LogP contribution is -2.57. The molecule has 0 aromatic heterocycles. The fraction of sp³-hybridized carbons (Fsp3) is 0.548. The highest BCUT2D eigenvalue weighted by atomic mass is 35.5. The number of benzene rings is 2. The molecule has 2 saturated heterocycles. The number of esters is 1. The fourth-order valence-electron chi connectivity index (χ4n) is 7.13. The number of nitrogens with two attached hydrogens (primary N) is 1. The minimum atomic E-state index is -1.17. The molecule has 2 fully saturated rings. The lowest BCUT2D eigenvalue weighted by Gasteiger charge is -2.32. The van der Waals surface area contributed by atoms with Crippen molar-refractivity contribution in [3.8, 4) is 0 Å². The van der Waals surface area contributed by atoms with Crippen LogP contribution < -0.4 is 27.1 Å². The van der Waals surface area contributed by atoms with Gasteiger partial charge in [0.25, 0.3) is 5.96 Å². The Morgan fingerprint density at radius 3 is 2.13 bits per heavy atom. The van der Waals surface area contributed by atoms with E-state index in [2.05, 4.69) is 20.9 Å². The molecule has 2 aromatic carbocycles. The van der Waals surface area contributed by atoms with Crippen LogP contribution in [0.4, 0.5) is 9.59 Å². The number of alkyl carbamates (subject to hydrolysis) is 2. The van der Waals surface area contributed by atoms with Crippen molar-refractivity contribution in [2.75, 3.05) is 26.2 Å². The highest BCUT2D eigenvalue weighted by molar-refractivity contribution is 6.31. The Labute approximate surface area is 371 Å². The van der Waals surface area contributed by atoms with Gasteiger partial charge in [-0.15, -0.1) is 0 Å². The molecule has 5 amide bonds. The summed E-state index contributed by atoms with van der Waals surface area (Å²) in [6, 6.07) is 11.9. The maximum atomic E-state index is 14.2. The van der Waals surface area contributed by atoms with Gasteiger partial charge in [-0.3, -0.25) is 14.4 Å². The van der Waals surface area contributed by atoms with Gasteiger partial charge in [0.05, 0.1) is 0 Å². The number of nitro groups is 1. The van der Waals surface area contributed by atoms with E-state index >= 15 is 0 Å². The number of nitrogens with one attached hydrogen (secondary N) is 4. The molecule has 2 aromatic rings. The van der Waals surface area contributed by atoms with Gasteiger partial charge in [-0.2, -0.15) is 0 Å². The number of carbonyl (C=O) groups is 6. The predicted molar refractivity (Wildman–Crippen MR) is 230 cm³/mol.